The monoisotopic (exact) mass is 252 g/mol. The lowest BCUT2D eigenvalue weighted by atomic mass is 10.1. The van der Waals surface area contributed by atoms with Crippen molar-refractivity contribution in [3.8, 4) is 0 Å². The Labute approximate surface area is 107 Å². The highest BCUT2D eigenvalue weighted by Gasteiger charge is 2.45. The third-order valence-electron chi connectivity index (χ3n) is 3.78. The van der Waals surface area contributed by atoms with Gasteiger partial charge in [-0.3, -0.25) is 4.98 Å². The van der Waals surface area contributed by atoms with Crippen molar-refractivity contribution in [3.05, 3.63) is 23.0 Å². The quantitative estimate of drug-likeness (QED) is 0.768. The predicted molar refractivity (Wildman–Crippen MR) is 68.7 cm³/mol. The smallest absolute Gasteiger partial charge is 0.0851 e. The molecule has 0 radical (unpaired) electrons. The van der Waals surface area contributed by atoms with E-state index in [1.807, 2.05) is 19.2 Å². The maximum absolute atomic E-state index is 6.35. The van der Waals surface area contributed by atoms with Crippen LogP contribution in [0.4, 0.5) is 5.69 Å². The van der Waals surface area contributed by atoms with Gasteiger partial charge >= 0.3 is 0 Å². The summed E-state index contributed by atoms with van der Waals surface area (Å²) in [6.07, 6.45) is 4.40. The molecule has 1 saturated heterocycles. The molecule has 0 unspecified atom stereocenters. The minimum Gasteiger partial charge on any atom is -0.379 e. The van der Waals surface area contributed by atoms with Crippen LogP contribution in [0.25, 0.3) is 0 Å². The molecule has 1 aliphatic carbocycles. The summed E-state index contributed by atoms with van der Waals surface area (Å²) in [4.78, 5) is 6.58. The number of ether oxygens (including phenoxy) is 1. The van der Waals surface area contributed by atoms with Crippen LogP contribution in [-0.4, -0.2) is 31.3 Å². The normalized spacial score (nSPS) is 22.6. The molecular formula is C13H17ClN2O. The summed E-state index contributed by atoms with van der Waals surface area (Å²) in [5.41, 5.74) is 2.41. The van der Waals surface area contributed by atoms with Gasteiger partial charge in [0.05, 0.1) is 29.6 Å². The van der Waals surface area contributed by atoms with Crippen LogP contribution < -0.4 is 4.90 Å². The first-order valence-corrected chi connectivity index (χ1v) is 6.52. The zero-order valence-corrected chi connectivity index (χ0v) is 10.8. The average Bonchev–Trinajstić information content (AvgIpc) is 3.11. The number of hydrogen-bond donors (Lipinski definition) is 0. The summed E-state index contributed by atoms with van der Waals surface area (Å²) in [5, 5.41) is 0.783. The topological polar surface area (TPSA) is 25.4 Å². The SMILES string of the molecule is Cc1nccc(N2CCOCC3(CC3)C2)c1Cl. The van der Waals surface area contributed by atoms with Crippen LogP contribution in [0.15, 0.2) is 12.3 Å². The zero-order valence-electron chi connectivity index (χ0n) is 10.1. The van der Waals surface area contributed by atoms with Crippen molar-refractivity contribution in [2.75, 3.05) is 31.2 Å². The van der Waals surface area contributed by atoms with Gasteiger partial charge in [-0.2, -0.15) is 0 Å². The first kappa shape index (κ1) is 11.3. The van der Waals surface area contributed by atoms with Crippen molar-refractivity contribution in [2.24, 2.45) is 5.41 Å². The van der Waals surface area contributed by atoms with Gasteiger partial charge in [-0.15, -0.1) is 0 Å². The molecule has 0 N–H and O–H groups in total. The summed E-state index contributed by atoms with van der Waals surface area (Å²) in [7, 11) is 0. The number of halogens is 1. The standard InChI is InChI=1S/C13H17ClN2O/c1-10-12(14)11(2-5-15-10)16-6-7-17-9-13(8-16)3-4-13/h2,5H,3-4,6-9H2,1H3. The van der Waals surface area contributed by atoms with E-state index < -0.39 is 0 Å². The number of rotatable bonds is 1. The molecule has 1 aromatic heterocycles. The molecule has 1 aromatic rings. The van der Waals surface area contributed by atoms with Crippen LogP contribution in [0.1, 0.15) is 18.5 Å². The molecule has 2 heterocycles. The van der Waals surface area contributed by atoms with Crippen molar-refractivity contribution < 1.29 is 4.74 Å². The van der Waals surface area contributed by atoms with Crippen molar-refractivity contribution in [1.82, 2.24) is 4.98 Å². The van der Waals surface area contributed by atoms with Crippen LogP contribution in [-0.2, 0) is 4.74 Å². The first-order valence-electron chi connectivity index (χ1n) is 6.14. The Morgan fingerprint density at radius 2 is 2.29 bits per heavy atom. The number of pyridine rings is 1. The van der Waals surface area contributed by atoms with Gasteiger partial charge in [0.2, 0.25) is 0 Å². The van der Waals surface area contributed by atoms with Crippen LogP contribution >= 0.6 is 11.6 Å². The number of anilines is 1. The maximum Gasteiger partial charge on any atom is 0.0851 e. The molecule has 3 rings (SSSR count). The molecule has 1 spiro atoms. The number of hydrogen-bond acceptors (Lipinski definition) is 3. The second kappa shape index (κ2) is 4.14. The van der Waals surface area contributed by atoms with Crippen LogP contribution in [0.2, 0.25) is 5.02 Å². The number of aromatic nitrogens is 1. The lowest BCUT2D eigenvalue weighted by Crippen LogP contribution is -2.31. The Morgan fingerprint density at radius 3 is 3.06 bits per heavy atom. The first-order chi connectivity index (χ1) is 8.20. The minimum absolute atomic E-state index is 0.400. The van der Waals surface area contributed by atoms with Gasteiger partial charge in [-0.25, -0.2) is 0 Å². The average molecular weight is 253 g/mol. The fourth-order valence-electron chi connectivity index (χ4n) is 2.46. The molecule has 0 atom stereocenters. The van der Waals surface area contributed by atoms with Gasteiger partial charge in [0.25, 0.3) is 0 Å². The summed E-state index contributed by atoms with van der Waals surface area (Å²) >= 11 is 6.35. The highest BCUT2D eigenvalue weighted by atomic mass is 35.5. The van der Waals surface area contributed by atoms with E-state index in [1.165, 1.54) is 12.8 Å². The molecule has 17 heavy (non-hydrogen) atoms. The highest BCUT2D eigenvalue weighted by Crippen LogP contribution is 2.48. The van der Waals surface area contributed by atoms with Gasteiger partial charge in [0.15, 0.2) is 0 Å². The fraction of sp³-hybridized carbons (Fsp3) is 0.615. The van der Waals surface area contributed by atoms with E-state index in [9.17, 15) is 0 Å². The van der Waals surface area contributed by atoms with E-state index in [4.69, 9.17) is 16.3 Å². The van der Waals surface area contributed by atoms with E-state index in [0.717, 1.165) is 42.7 Å². The highest BCUT2D eigenvalue weighted by molar-refractivity contribution is 6.33. The van der Waals surface area contributed by atoms with Crippen molar-refractivity contribution in [1.29, 1.82) is 0 Å². The molecule has 0 amide bonds. The molecule has 3 nitrogen and oxygen atoms in total. The minimum atomic E-state index is 0.400. The van der Waals surface area contributed by atoms with Crippen LogP contribution in [0, 0.1) is 12.3 Å². The molecule has 1 saturated carbocycles. The molecule has 2 aliphatic rings. The Kier molecular flexibility index (Phi) is 2.75. The van der Waals surface area contributed by atoms with E-state index >= 15 is 0 Å². The maximum atomic E-state index is 6.35. The van der Waals surface area contributed by atoms with Gasteiger partial charge in [0.1, 0.15) is 0 Å². The molecule has 92 valence electrons. The van der Waals surface area contributed by atoms with Crippen molar-refractivity contribution in [2.45, 2.75) is 19.8 Å². The van der Waals surface area contributed by atoms with Gasteiger partial charge in [-0.1, -0.05) is 11.6 Å². The summed E-state index contributed by atoms with van der Waals surface area (Å²) < 4.78 is 5.69. The summed E-state index contributed by atoms with van der Waals surface area (Å²) in [5.74, 6) is 0. The Morgan fingerprint density at radius 1 is 1.47 bits per heavy atom. The Hall–Kier alpha value is -0.800. The Bertz CT molecular complexity index is 431. The van der Waals surface area contributed by atoms with Crippen LogP contribution in [0.5, 0.6) is 0 Å². The third kappa shape index (κ3) is 2.14. The number of aryl methyl sites for hydroxylation is 1. The molecule has 0 bridgehead atoms. The number of nitrogens with zero attached hydrogens (tertiary/aromatic N) is 2. The fourth-order valence-corrected chi connectivity index (χ4v) is 2.69. The lowest BCUT2D eigenvalue weighted by molar-refractivity contribution is 0.116. The second-order valence-electron chi connectivity index (χ2n) is 5.20. The third-order valence-corrected chi connectivity index (χ3v) is 4.25. The van der Waals surface area contributed by atoms with E-state index in [2.05, 4.69) is 9.88 Å². The van der Waals surface area contributed by atoms with E-state index in [-0.39, 0.29) is 0 Å². The van der Waals surface area contributed by atoms with Crippen molar-refractivity contribution >= 4 is 17.3 Å². The molecular weight excluding hydrogens is 236 g/mol. The molecule has 0 aromatic carbocycles. The molecule has 1 aliphatic heterocycles. The van der Waals surface area contributed by atoms with Gasteiger partial charge in [0, 0.05) is 24.7 Å². The zero-order chi connectivity index (χ0) is 11.9. The van der Waals surface area contributed by atoms with Gasteiger partial charge in [-0.05, 0) is 25.8 Å². The van der Waals surface area contributed by atoms with E-state index in [1.54, 1.807) is 0 Å². The largest absolute Gasteiger partial charge is 0.379 e. The summed E-state index contributed by atoms with van der Waals surface area (Å²) in [6.45, 7) is 5.64. The Balaban J connectivity index is 1.89. The molecule has 4 heteroatoms. The molecule has 2 fully saturated rings. The van der Waals surface area contributed by atoms with Crippen LogP contribution in [0.3, 0.4) is 0 Å². The lowest BCUT2D eigenvalue weighted by Gasteiger charge is -2.26. The summed E-state index contributed by atoms with van der Waals surface area (Å²) in [6, 6.07) is 2.01. The van der Waals surface area contributed by atoms with Crippen molar-refractivity contribution in [3.63, 3.8) is 0 Å². The van der Waals surface area contributed by atoms with Gasteiger partial charge < -0.3 is 9.64 Å². The second-order valence-corrected chi connectivity index (χ2v) is 5.58. The van der Waals surface area contributed by atoms with E-state index in [0.29, 0.717) is 5.41 Å². The predicted octanol–water partition coefficient (Wildman–Crippen LogP) is 2.66.